The monoisotopic (exact) mass is 872 g/mol. The third kappa shape index (κ3) is 6.49. The van der Waals surface area contributed by atoms with Crippen LogP contribution >= 0.6 is 0 Å². The molecule has 0 radical (unpaired) electrons. The van der Waals surface area contributed by atoms with E-state index in [0.717, 1.165) is 43.6 Å². The topological polar surface area (TPSA) is 40.8 Å². The summed E-state index contributed by atoms with van der Waals surface area (Å²) in [4.78, 5) is 5.01. The van der Waals surface area contributed by atoms with E-state index in [1.54, 1.807) is 29.0 Å². The molecule has 0 saturated carbocycles. The van der Waals surface area contributed by atoms with Crippen molar-refractivity contribution in [2.24, 2.45) is 0 Å². The van der Waals surface area contributed by atoms with Gasteiger partial charge >= 0.3 is 0 Å². The van der Waals surface area contributed by atoms with Crippen LogP contribution in [0, 0.1) is 13.2 Å². The zero-order valence-corrected chi connectivity index (χ0v) is 35.3. The van der Waals surface area contributed by atoms with Gasteiger partial charge in [-0.05, 0) is 107 Å². The number of para-hydroxylation sites is 5. The summed E-state index contributed by atoms with van der Waals surface area (Å²) in [5.74, 6) is 1.36. The van der Waals surface area contributed by atoms with Gasteiger partial charge in [0, 0.05) is 31.7 Å². The molecule has 0 fully saturated rings. The van der Waals surface area contributed by atoms with Crippen LogP contribution in [0.2, 0.25) is 0 Å². The number of ether oxygens (including phenoxy) is 1. The maximum Gasteiger partial charge on any atom is 0.269 e. The molecule has 0 atom stereocenters. The molecule has 0 unspecified atom stereocenters. The summed E-state index contributed by atoms with van der Waals surface area (Å²) in [6.07, 6.45) is 5.08. The average Bonchev–Trinajstić information content (AvgIpc) is 4.14. The predicted molar refractivity (Wildman–Crippen MR) is 272 cm³/mol. The van der Waals surface area contributed by atoms with Crippen molar-refractivity contribution in [2.75, 3.05) is 0 Å². The summed E-state index contributed by atoms with van der Waals surface area (Å²) in [6.45, 7) is -2.52. The number of aryl methyl sites for hydroxylation is 1. The van der Waals surface area contributed by atoms with Gasteiger partial charge in [-0.1, -0.05) is 145 Å². The van der Waals surface area contributed by atoms with Crippen LogP contribution < -0.4 is 9.30 Å². The molecule has 9 aromatic carbocycles. The molecule has 67 heavy (non-hydrogen) atoms. The summed E-state index contributed by atoms with van der Waals surface area (Å²) in [7, 11) is 0. The van der Waals surface area contributed by atoms with Crippen molar-refractivity contribution >= 4 is 54.6 Å². The van der Waals surface area contributed by atoms with Gasteiger partial charge in [0.15, 0.2) is 0 Å². The van der Waals surface area contributed by atoms with Crippen molar-refractivity contribution in [3.05, 3.63) is 242 Å². The molecule has 0 aliphatic carbocycles. The first-order valence-electron chi connectivity index (χ1n) is 28.0. The number of imidazole rings is 1. The summed E-state index contributed by atoms with van der Waals surface area (Å²) < 4.78 is 127. The second-order valence-electron chi connectivity index (χ2n) is 16.1. The lowest BCUT2D eigenvalue weighted by molar-refractivity contribution is -0.572. The number of pyridine rings is 1. The van der Waals surface area contributed by atoms with E-state index in [1.807, 2.05) is 153 Å². The maximum absolute atomic E-state index is 8.88. The van der Waals surface area contributed by atoms with Crippen LogP contribution in [0.15, 0.2) is 230 Å². The van der Waals surface area contributed by atoms with Gasteiger partial charge in [-0.15, -0.1) is 0 Å². The summed E-state index contributed by atoms with van der Waals surface area (Å²) >= 11 is 0. The lowest BCUT2D eigenvalue weighted by atomic mass is 9.98. The Morgan fingerprint density at radius 3 is 1.75 bits per heavy atom. The third-order valence-corrected chi connectivity index (χ3v) is 12.2. The minimum Gasteiger partial charge on any atom is -0.458 e. The number of hydrogen-bond donors (Lipinski definition) is 0. The van der Waals surface area contributed by atoms with Crippen LogP contribution in [0.25, 0.3) is 99.8 Å². The molecule has 13 rings (SSSR count). The van der Waals surface area contributed by atoms with E-state index in [2.05, 4.69) is 6.33 Å². The van der Waals surface area contributed by atoms with Crippen molar-refractivity contribution in [3.8, 4) is 56.6 Å². The van der Waals surface area contributed by atoms with Crippen molar-refractivity contribution in [2.45, 2.75) is 6.85 Å². The number of rotatable bonds is 8. The average molecular weight is 873 g/mol. The number of benzene rings is 9. The minimum absolute atomic E-state index is 0.135. The van der Waals surface area contributed by atoms with Gasteiger partial charge < -0.3 is 9.30 Å². The Morgan fingerprint density at radius 1 is 0.507 bits per heavy atom. The lowest BCUT2D eigenvalue weighted by Gasteiger charge is -2.14. The molecule has 6 nitrogen and oxygen atoms in total. The first-order valence-corrected chi connectivity index (χ1v) is 21.5. The molecule has 0 saturated heterocycles. The molecule has 0 N–H and O–H groups in total. The van der Waals surface area contributed by atoms with Crippen molar-refractivity contribution in [1.82, 2.24) is 18.7 Å². The normalized spacial score (nSPS) is 14.6. The molecule has 0 amide bonds. The SMILES string of the molecule is [2H]c1c([2H])c([2H])c(-c2cc(-c3c([2H])c([2H])c([2H])c([2H])c3[2H])cc(-[n+]3[c-]n(-c4cccc(Oc5ccc6c7ccccc7n(-c7cc(C([2H])([2H])[2H])c(-n8c9ccccc9c9ccccc98)cn7)c6c5)c4)c4ccccc43)c2)c([2H])c1[2H]. The fourth-order valence-electron chi connectivity index (χ4n) is 9.26. The van der Waals surface area contributed by atoms with Crippen LogP contribution in [-0.4, -0.2) is 18.7 Å². The third-order valence-electron chi connectivity index (χ3n) is 12.2. The summed E-state index contributed by atoms with van der Waals surface area (Å²) in [6, 6.07) is 45.4. The Bertz CT molecular complexity index is 4570. The first-order chi connectivity index (χ1) is 38.5. The molecule has 0 aliphatic heterocycles. The molecular formula is C61H41N5O. The first kappa shape index (κ1) is 27.4. The van der Waals surface area contributed by atoms with Crippen molar-refractivity contribution < 1.29 is 27.1 Å². The maximum atomic E-state index is 8.88. The predicted octanol–water partition coefficient (Wildman–Crippen LogP) is 14.7. The lowest BCUT2D eigenvalue weighted by Crippen LogP contribution is -2.29. The molecule has 6 heteroatoms. The zero-order chi connectivity index (χ0) is 55.6. The Kier molecular flexibility index (Phi) is 6.37. The van der Waals surface area contributed by atoms with E-state index in [4.69, 9.17) is 27.5 Å². The van der Waals surface area contributed by atoms with Crippen LogP contribution in [0.1, 0.15) is 23.4 Å². The number of fused-ring (bicyclic) bond motifs is 7. The largest absolute Gasteiger partial charge is 0.458 e. The van der Waals surface area contributed by atoms with Crippen LogP contribution in [0.3, 0.4) is 0 Å². The molecular weight excluding hydrogens is 819 g/mol. The van der Waals surface area contributed by atoms with E-state index in [1.165, 1.54) is 6.07 Å². The molecule has 4 heterocycles. The molecule has 0 spiro atoms. The fourth-order valence-corrected chi connectivity index (χ4v) is 9.26. The molecule has 316 valence electrons. The van der Waals surface area contributed by atoms with Gasteiger partial charge in [-0.25, -0.2) is 4.98 Å². The zero-order valence-electron chi connectivity index (χ0n) is 48.3. The molecule has 4 aromatic heterocycles. The highest BCUT2D eigenvalue weighted by atomic mass is 16.5. The summed E-state index contributed by atoms with van der Waals surface area (Å²) in [5.41, 5.74) is 6.18. The smallest absolute Gasteiger partial charge is 0.269 e. The molecule has 13 aromatic rings. The van der Waals surface area contributed by atoms with Gasteiger partial charge in [0.05, 0.1) is 70.1 Å². The minimum atomic E-state index is -2.52. The Hall–Kier alpha value is -9.00. The standard InChI is InChI=1S/C61H41N5O/c1-41-33-61(62-39-60(41)65-54-26-11-8-23-50(54)51-24-9-12-27-55(51)65)66-56-28-13-10-25-52(56)53-32-31-49(38-59(53)66)67-48-22-16-21-46(37-48)63-40-64(58-30-15-14-29-57(58)63)47-35-44(42-17-4-2-5-18-42)34-45(36-47)43-19-6-3-7-20-43/h2-39H,1H3/i1D3,2D,3D,4D,5D,6D,7D,17D,18D,19D,20D. The number of aromatic nitrogens is 5. The fraction of sp³-hybridized carbons (Fsp3) is 0.0164. The Balaban J connectivity index is 0.921. The van der Waals surface area contributed by atoms with Crippen LogP contribution in [0.4, 0.5) is 0 Å². The Morgan fingerprint density at radius 2 is 1.09 bits per heavy atom. The van der Waals surface area contributed by atoms with Gasteiger partial charge in [0.25, 0.3) is 6.33 Å². The van der Waals surface area contributed by atoms with Crippen molar-refractivity contribution in [1.29, 1.82) is 0 Å². The van der Waals surface area contributed by atoms with E-state index >= 15 is 0 Å². The molecule has 0 aliphatic rings. The summed E-state index contributed by atoms with van der Waals surface area (Å²) in [5, 5.41) is 3.83. The van der Waals surface area contributed by atoms with Gasteiger partial charge in [-0.3, -0.25) is 13.7 Å². The highest BCUT2D eigenvalue weighted by molar-refractivity contribution is 6.10. The van der Waals surface area contributed by atoms with Crippen molar-refractivity contribution in [3.63, 3.8) is 0 Å². The second-order valence-corrected chi connectivity index (χ2v) is 16.1. The van der Waals surface area contributed by atoms with E-state index < -0.39 is 67.3 Å². The van der Waals surface area contributed by atoms with Gasteiger partial charge in [0.1, 0.15) is 17.3 Å². The highest BCUT2D eigenvalue weighted by Gasteiger charge is 2.19. The van der Waals surface area contributed by atoms with E-state index in [-0.39, 0.29) is 27.8 Å². The number of nitrogens with zero attached hydrogens (tertiary/aromatic N) is 5. The van der Waals surface area contributed by atoms with Crippen LogP contribution in [0.5, 0.6) is 11.5 Å². The van der Waals surface area contributed by atoms with Gasteiger partial charge in [-0.2, -0.15) is 0 Å². The second kappa shape index (κ2) is 15.6. The van der Waals surface area contributed by atoms with E-state index in [9.17, 15) is 0 Å². The van der Waals surface area contributed by atoms with Crippen LogP contribution in [-0.2, 0) is 0 Å². The quantitative estimate of drug-likeness (QED) is 0.113. The van der Waals surface area contributed by atoms with E-state index in [0.29, 0.717) is 45.4 Å². The number of hydrogen-bond acceptors (Lipinski definition) is 2. The molecule has 0 bridgehead atoms. The highest BCUT2D eigenvalue weighted by Crippen LogP contribution is 2.38. The Labute approximate surface area is 405 Å². The van der Waals surface area contributed by atoms with Gasteiger partial charge in [0.2, 0.25) is 0 Å².